The minimum absolute atomic E-state index is 0.0277. The number of fused-ring (bicyclic) bond motifs is 9. The Morgan fingerprint density at radius 2 is 0.917 bits per heavy atom. The van der Waals surface area contributed by atoms with Crippen molar-refractivity contribution in [2.75, 3.05) is 4.90 Å². The van der Waals surface area contributed by atoms with E-state index in [1.807, 2.05) is 0 Å². The monoisotopic (exact) mass is 623 g/mol. The lowest BCUT2D eigenvalue weighted by Gasteiger charge is -2.49. The van der Waals surface area contributed by atoms with Gasteiger partial charge in [-0.25, -0.2) is 0 Å². The quantitative estimate of drug-likeness (QED) is 0.190. The number of ether oxygens (including phenoxy) is 1. The molecule has 0 fully saturated rings. The molecule has 0 bridgehead atoms. The van der Waals surface area contributed by atoms with Gasteiger partial charge in [-0.2, -0.15) is 0 Å². The molecule has 0 atom stereocenters. The van der Waals surface area contributed by atoms with E-state index in [0.717, 1.165) is 17.2 Å². The molecule has 0 aromatic heterocycles. The molecule has 0 unspecified atom stereocenters. The van der Waals surface area contributed by atoms with Gasteiger partial charge in [0.2, 0.25) is 0 Å². The van der Waals surface area contributed by atoms with E-state index in [4.69, 9.17) is 4.74 Å². The minimum Gasteiger partial charge on any atom is -0.457 e. The molecule has 2 nitrogen and oxygen atoms in total. The molecule has 0 radical (unpaired) electrons. The van der Waals surface area contributed by atoms with Gasteiger partial charge in [0.1, 0.15) is 11.5 Å². The third-order valence-corrected chi connectivity index (χ3v) is 12.8. The number of anilines is 3. The smallest absolute Gasteiger partial charge is 0.132 e. The van der Waals surface area contributed by atoms with Gasteiger partial charge in [0, 0.05) is 16.8 Å². The summed E-state index contributed by atoms with van der Waals surface area (Å²) in [5, 5.41) is 0. The molecule has 0 saturated heterocycles. The molecule has 6 aromatic rings. The van der Waals surface area contributed by atoms with E-state index in [0.29, 0.717) is 0 Å². The topological polar surface area (TPSA) is 12.5 Å². The molecule has 0 N–H and O–H groups in total. The van der Waals surface area contributed by atoms with Crippen LogP contribution in [0.5, 0.6) is 11.5 Å². The Hall–Kier alpha value is -5.08. The zero-order chi connectivity index (χ0) is 33.1. The normalized spacial score (nSPS) is 18.2. The molecule has 6 aromatic carbocycles. The van der Waals surface area contributed by atoms with Gasteiger partial charge >= 0.3 is 0 Å². The van der Waals surface area contributed by atoms with Crippen molar-refractivity contribution in [3.63, 3.8) is 0 Å². The second kappa shape index (κ2) is 9.73. The van der Waals surface area contributed by atoms with Crippen LogP contribution in [0.2, 0.25) is 0 Å². The summed E-state index contributed by atoms with van der Waals surface area (Å²) in [6, 6.07) is 51.3. The summed E-state index contributed by atoms with van der Waals surface area (Å²) in [7, 11) is 0. The Bertz CT molecular complexity index is 2190. The maximum absolute atomic E-state index is 6.69. The van der Waals surface area contributed by atoms with Crippen LogP contribution in [0.15, 0.2) is 140 Å². The van der Waals surface area contributed by atoms with Crippen molar-refractivity contribution < 1.29 is 4.74 Å². The zero-order valence-corrected chi connectivity index (χ0v) is 28.6. The van der Waals surface area contributed by atoms with Gasteiger partial charge < -0.3 is 9.64 Å². The SMILES string of the molecule is CC1(C)c2cc3c(cc2C(C)(C)C1(C)C)C1(c2ccccc2Oc2ccccc21)c1ccccc1N3c1ccc(-c2ccccc2)cc1. The first-order valence-corrected chi connectivity index (χ1v) is 17.2. The van der Waals surface area contributed by atoms with Crippen LogP contribution in [0, 0.1) is 5.41 Å². The summed E-state index contributed by atoms with van der Waals surface area (Å²) < 4.78 is 6.69. The van der Waals surface area contributed by atoms with Gasteiger partial charge in [0.05, 0.1) is 16.8 Å². The Morgan fingerprint density at radius 1 is 0.417 bits per heavy atom. The largest absolute Gasteiger partial charge is 0.457 e. The van der Waals surface area contributed by atoms with Crippen LogP contribution < -0.4 is 9.64 Å². The van der Waals surface area contributed by atoms with E-state index in [9.17, 15) is 0 Å². The summed E-state index contributed by atoms with van der Waals surface area (Å²) in [4.78, 5) is 2.51. The fourth-order valence-electron chi connectivity index (χ4n) is 9.11. The zero-order valence-electron chi connectivity index (χ0n) is 28.6. The highest BCUT2D eigenvalue weighted by molar-refractivity contribution is 5.92. The Balaban J connectivity index is 1.41. The van der Waals surface area contributed by atoms with Crippen LogP contribution in [0.3, 0.4) is 0 Å². The lowest BCUT2D eigenvalue weighted by Crippen LogP contribution is -2.42. The van der Waals surface area contributed by atoms with Crippen LogP contribution >= 0.6 is 0 Å². The van der Waals surface area contributed by atoms with Gasteiger partial charge in [0.25, 0.3) is 0 Å². The fraction of sp³-hybridized carbons (Fsp3) is 0.217. The molecule has 2 heteroatoms. The van der Waals surface area contributed by atoms with Gasteiger partial charge in [-0.05, 0) is 86.0 Å². The predicted octanol–water partition coefficient (Wildman–Crippen LogP) is 12.2. The highest BCUT2D eigenvalue weighted by Crippen LogP contribution is 2.67. The average molecular weight is 624 g/mol. The predicted molar refractivity (Wildman–Crippen MR) is 198 cm³/mol. The van der Waals surface area contributed by atoms with E-state index in [1.165, 1.54) is 55.9 Å². The van der Waals surface area contributed by atoms with Crippen LogP contribution in [-0.2, 0) is 16.2 Å². The second-order valence-electron chi connectivity index (χ2n) is 15.4. The van der Waals surface area contributed by atoms with E-state index in [-0.39, 0.29) is 16.2 Å². The Morgan fingerprint density at radius 3 is 1.54 bits per heavy atom. The molecule has 1 aliphatic carbocycles. The molecule has 1 spiro atoms. The fourth-order valence-corrected chi connectivity index (χ4v) is 9.11. The first-order valence-electron chi connectivity index (χ1n) is 17.2. The number of hydrogen-bond donors (Lipinski definition) is 0. The number of hydrogen-bond acceptors (Lipinski definition) is 2. The van der Waals surface area contributed by atoms with E-state index in [2.05, 4.69) is 186 Å². The van der Waals surface area contributed by atoms with Crippen molar-refractivity contribution in [3.05, 3.63) is 173 Å². The van der Waals surface area contributed by atoms with E-state index < -0.39 is 5.41 Å². The molecule has 236 valence electrons. The Labute approximate surface area is 284 Å². The molecule has 0 saturated carbocycles. The summed E-state index contributed by atoms with van der Waals surface area (Å²) in [6.45, 7) is 14.7. The molecule has 3 aliphatic rings. The van der Waals surface area contributed by atoms with Gasteiger partial charge in [0.15, 0.2) is 0 Å². The van der Waals surface area contributed by atoms with Crippen LogP contribution in [0.4, 0.5) is 17.1 Å². The van der Waals surface area contributed by atoms with Gasteiger partial charge in [-0.15, -0.1) is 0 Å². The molecule has 0 amide bonds. The first-order chi connectivity index (χ1) is 23.1. The maximum atomic E-state index is 6.69. The maximum Gasteiger partial charge on any atom is 0.132 e. The minimum atomic E-state index is -0.570. The van der Waals surface area contributed by atoms with Crippen molar-refractivity contribution >= 4 is 17.1 Å². The van der Waals surface area contributed by atoms with Gasteiger partial charge in [-0.1, -0.05) is 145 Å². The standard InChI is InChI=1S/C46H41NO/c1-43(2)36-28-38-40(29-37(36)44(3,4)45(43,5)6)47(32-26-24-31(25-27-32)30-16-8-7-9-17-30)39-21-13-10-18-33(39)46(38)34-19-11-14-22-41(34)48-42-23-15-12-20-35(42)46/h7-29H,1-6H3. The van der Waals surface area contributed by atoms with Crippen LogP contribution in [0.25, 0.3) is 11.1 Å². The van der Waals surface area contributed by atoms with Crippen molar-refractivity contribution in [2.24, 2.45) is 5.41 Å². The molecular formula is C46H41NO. The first kappa shape index (κ1) is 29.1. The highest BCUT2D eigenvalue weighted by atomic mass is 16.5. The number of benzene rings is 6. The summed E-state index contributed by atoms with van der Waals surface area (Å²) in [5.41, 5.74) is 13.2. The summed E-state index contributed by atoms with van der Waals surface area (Å²) >= 11 is 0. The third-order valence-electron chi connectivity index (χ3n) is 12.8. The Kier molecular flexibility index (Phi) is 5.90. The van der Waals surface area contributed by atoms with Crippen molar-refractivity contribution in [1.82, 2.24) is 0 Å². The van der Waals surface area contributed by atoms with E-state index in [1.54, 1.807) is 0 Å². The average Bonchev–Trinajstić information content (AvgIpc) is 3.21. The van der Waals surface area contributed by atoms with Crippen molar-refractivity contribution in [1.29, 1.82) is 0 Å². The van der Waals surface area contributed by atoms with Crippen LogP contribution in [0.1, 0.15) is 74.9 Å². The van der Waals surface area contributed by atoms with Crippen molar-refractivity contribution in [2.45, 2.75) is 57.8 Å². The highest BCUT2D eigenvalue weighted by Gasteiger charge is 2.59. The molecule has 48 heavy (non-hydrogen) atoms. The summed E-state index contributed by atoms with van der Waals surface area (Å²) in [6.07, 6.45) is 0. The number of nitrogens with zero attached hydrogens (tertiary/aromatic N) is 1. The lowest BCUT2D eigenvalue weighted by molar-refractivity contribution is 0.125. The van der Waals surface area contributed by atoms with E-state index >= 15 is 0 Å². The molecule has 9 rings (SSSR count). The van der Waals surface area contributed by atoms with Crippen molar-refractivity contribution in [3.8, 4) is 22.6 Å². The van der Waals surface area contributed by atoms with Crippen LogP contribution in [-0.4, -0.2) is 0 Å². The molecule has 2 heterocycles. The van der Waals surface area contributed by atoms with Gasteiger partial charge in [-0.3, -0.25) is 0 Å². The molecular weight excluding hydrogens is 583 g/mol. The number of rotatable bonds is 2. The summed E-state index contributed by atoms with van der Waals surface area (Å²) in [5.74, 6) is 1.83. The third kappa shape index (κ3) is 3.53. The lowest BCUT2D eigenvalue weighted by atomic mass is 9.59. The second-order valence-corrected chi connectivity index (χ2v) is 15.4. The molecule has 2 aliphatic heterocycles. The number of para-hydroxylation sites is 3.